The predicted octanol–water partition coefficient (Wildman–Crippen LogP) is 2.60. The minimum atomic E-state index is -0.785. The quantitative estimate of drug-likeness (QED) is 0.644. The SMILES string of the molecule is CCSC1CCCC1NC(=O)NC(C)CCCC(=O)O. The minimum absolute atomic E-state index is 0.00744. The third-order valence-corrected chi connectivity index (χ3v) is 4.88. The number of thioether (sulfide) groups is 1. The van der Waals surface area contributed by atoms with E-state index in [2.05, 4.69) is 17.6 Å². The fourth-order valence-electron chi connectivity index (χ4n) is 2.57. The number of nitrogens with one attached hydrogen (secondary N) is 2. The van der Waals surface area contributed by atoms with Crippen LogP contribution in [0.2, 0.25) is 0 Å². The van der Waals surface area contributed by atoms with Crippen LogP contribution in [0.15, 0.2) is 0 Å². The van der Waals surface area contributed by atoms with E-state index in [-0.39, 0.29) is 24.5 Å². The van der Waals surface area contributed by atoms with Gasteiger partial charge >= 0.3 is 12.0 Å². The first kappa shape index (κ1) is 17.1. The molecular formula is C14H26N2O3S. The summed E-state index contributed by atoms with van der Waals surface area (Å²) in [6.07, 6.45) is 4.85. The molecule has 6 heteroatoms. The summed E-state index contributed by atoms with van der Waals surface area (Å²) >= 11 is 1.92. The Hall–Kier alpha value is -0.910. The molecule has 1 aliphatic rings. The van der Waals surface area contributed by atoms with Gasteiger partial charge in [-0.25, -0.2) is 4.79 Å². The number of rotatable bonds is 8. The highest BCUT2D eigenvalue weighted by atomic mass is 32.2. The molecule has 1 rings (SSSR count). The maximum Gasteiger partial charge on any atom is 0.315 e. The van der Waals surface area contributed by atoms with Crippen LogP contribution in [0.5, 0.6) is 0 Å². The van der Waals surface area contributed by atoms with Gasteiger partial charge in [-0.15, -0.1) is 0 Å². The van der Waals surface area contributed by atoms with E-state index in [1.165, 1.54) is 12.8 Å². The van der Waals surface area contributed by atoms with E-state index < -0.39 is 5.97 Å². The van der Waals surface area contributed by atoms with Crippen LogP contribution in [-0.4, -0.2) is 40.2 Å². The van der Waals surface area contributed by atoms with Crippen LogP contribution in [0.4, 0.5) is 4.79 Å². The molecule has 0 aromatic carbocycles. The number of amides is 2. The predicted molar refractivity (Wildman–Crippen MR) is 82.2 cm³/mol. The lowest BCUT2D eigenvalue weighted by atomic mass is 10.1. The van der Waals surface area contributed by atoms with Gasteiger partial charge in [0, 0.05) is 23.8 Å². The number of carboxylic acid groups (broad SMARTS) is 1. The van der Waals surface area contributed by atoms with Crippen molar-refractivity contribution >= 4 is 23.8 Å². The molecule has 0 aromatic rings. The van der Waals surface area contributed by atoms with Crippen LogP contribution in [0.25, 0.3) is 0 Å². The van der Waals surface area contributed by atoms with Crippen molar-refractivity contribution in [2.75, 3.05) is 5.75 Å². The standard InChI is InChI=1S/C14H26N2O3S/c1-3-20-12-8-5-7-11(12)16-14(19)15-10(2)6-4-9-13(17)18/h10-12H,3-9H2,1-2H3,(H,17,18)(H2,15,16,19). The van der Waals surface area contributed by atoms with Gasteiger partial charge < -0.3 is 15.7 Å². The summed E-state index contributed by atoms with van der Waals surface area (Å²) in [5.74, 6) is 0.294. The Morgan fingerprint density at radius 2 is 2.15 bits per heavy atom. The summed E-state index contributed by atoms with van der Waals surface area (Å²) in [6.45, 7) is 4.05. The van der Waals surface area contributed by atoms with Crippen LogP contribution in [-0.2, 0) is 4.79 Å². The van der Waals surface area contributed by atoms with Gasteiger partial charge in [0.2, 0.25) is 0 Å². The molecule has 0 bridgehead atoms. The summed E-state index contributed by atoms with van der Waals surface area (Å²) in [5, 5.41) is 15.1. The highest BCUT2D eigenvalue weighted by Gasteiger charge is 2.28. The van der Waals surface area contributed by atoms with Gasteiger partial charge in [-0.3, -0.25) is 4.79 Å². The number of aliphatic carboxylic acids is 1. The second kappa shape index (κ2) is 9.10. The molecule has 0 aromatic heterocycles. The van der Waals surface area contributed by atoms with Crippen LogP contribution in [0.1, 0.15) is 52.4 Å². The van der Waals surface area contributed by atoms with Crippen molar-refractivity contribution in [3.8, 4) is 0 Å². The molecule has 1 aliphatic carbocycles. The van der Waals surface area contributed by atoms with Crippen LogP contribution >= 0.6 is 11.8 Å². The number of carboxylic acids is 1. The first-order chi connectivity index (χ1) is 9.52. The molecule has 2 amide bonds. The second-order valence-corrected chi connectivity index (χ2v) is 6.85. The number of urea groups is 1. The van der Waals surface area contributed by atoms with Gasteiger partial charge in [0.15, 0.2) is 0 Å². The third kappa shape index (κ3) is 6.50. The van der Waals surface area contributed by atoms with Crippen molar-refractivity contribution in [3.63, 3.8) is 0 Å². The zero-order valence-corrected chi connectivity index (χ0v) is 13.2. The van der Waals surface area contributed by atoms with Gasteiger partial charge in [-0.2, -0.15) is 11.8 Å². The molecule has 0 aliphatic heterocycles. The minimum Gasteiger partial charge on any atom is -0.481 e. The average molecular weight is 302 g/mol. The Labute approximate surface area is 125 Å². The van der Waals surface area contributed by atoms with E-state index in [9.17, 15) is 9.59 Å². The third-order valence-electron chi connectivity index (χ3n) is 3.56. The number of carbonyl (C=O) groups is 2. The maximum atomic E-state index is 11.9. The summed E-state index contributed by atoms with van der Waals surface area (Å²) < 4.78 is 0. The van der Waals surface area contributed by atoms with Crippen molar-refractivity contribution in [1.82, 2.24) is 10.6 Å². The highest BCUT2D eigenvalue weighted by Crippen LogP contribution is 2.29. The lowest BCUT2D eigenvalue weighted by Crippen LogP contribution is -2.47. The summed E-state index contributed by atoms with van der Waals surface area (Å²) in [7, 11) is 0. The van der Waals surface area contributed by atoms with Crippen LogP contribution in [0, 0.1) is 0 Å². The van der Waals surface area contributed by atoms with Crippen molar-refractivity contribution < 1.29 is 14.7 Å². The molecule has 1 fully saturated rings. The topological polar surface area (TPSA) is 78.4 Å². The monoisotopic (exact) mass is 302 g/mol. The van der Waals surface area contributed by atoms with Gasteiger partial charge in [-0.05, 0) is 38.4 Å². The van der Waals surface area contributed by atoms with Gasteiger partial charge in [-0.1, -0.05) is 13.3 Å². The number of hydrogen-bond acceptors (Lipinski definition) is 3. The summed E-state index contributed by atoms with van der Waals surface area (Å²) in [4.78, 5) is 22.3. The maximum absolute atomic E-state index is 11.9. The number of carbonyl (C=O) groups excluding carboxylic acids is 1. The van der Waals surface area contributed by atoms with E-state index in [4.69, 9.17) is 5.11 Å². The molecule has 20 heavy (non-hydrogen) atoms. The normalized spacial score (nSPS) is 23.3. The summed E-state index contributed by atoms with van der Waals surface area (Å²) in [6, 6.07) is 0.153. The molecule has 0 spiro atoms. The van der Waals surface area contributed by atoms with Gasteiger partial charge in [0.05, 0.1) is 0 Å². The van der Waals surface area contributed by atoms with Crippen molar-refractivity contribution in [2.45, 2.75) is 69.7 Å². The lowest BCUT2D eigenvalue weighted by Gasteiger charge is -2.22. The Balaban J connectivity index is 2.23. The number of hydrogen-bond donors (Lipinski definition) is 3. The van der Waals surface area contributed by atoms with E-state index in [1.54, 1.807) is 0 Å². The molecule has 3 N–H and O–H groups in total. The molecule has 5 nitrogen and oxygen atoms in total. The highest BCUT2D eigenvalue weighted by molar-refractivity contribution is 7.99. The molecule has 3 unspecified atom stereocenters. The molecule has 1 saturated carbocycles. The van der Waals surface area contributed by atoms with Crippen LogP contribution in [0.3, 0.4) is 0 Å². The first-order valence-corrected chi connectivity index (χ1v) is 8.48. The van der Waals surface area contributed by atoms with E-state index in [1.807, 2.05) is 18.7 Å². The largest absolute Gasteiger partial charge is 0.481 e. The fraction of sp³-hybridized carbons (Fsp3) is 0.857. The van der Waals surface area contributed by atoms with Crippen molar-refractivity contribution in [1.29, 1.82) is 0 Å². The van der Waals surface area contributed by atoms with Gasteiger partial charge in [0.25, 0.3) is 0 Å². The van der Waals surface area contributed by atoms with E-state index >= 15 is 0 Å². The zero-order valence-electron chi connectivity index (χ0n) is 12.4. The molecule has 0 radical (unpaired) electrons. The molecule has 0 heterocycles. The lowest BCUT2D eigenvalue weighted by molar-refractivity contribution is -0.137. The molecular weight excluding hydrogens is 276 g/mol. The van der Waals surface area contributed by atoms with E-state index in [0.717, 1.165) is 12.2 Å². The fourth-order valence-corrected chi connectivity index (χ4v) is 3.77. The average Bonchev–Trinajstić information content (AvgIpc) is 2.76. The smallest absolute Gasteiger partial charge is 0.315 e. The summed E-state index contributed by atoms with van der Waals surface area (Å²) in [5.41, 5.74) is 0. The Morgan fingerprint density at radius 3 is 2.80 bits per heavy atom. The Morgan fingerprint density at radius 1 is 1.40 bits per heavy atom. The van der Waals surface area contributed by atoms with Crippen molar-refractivity contribution in [2.24, 2.45) is 0 Å². The Kier molecular flexibility index (Phi) is 7.80. The van der Waals surface area contributed by atoms with Crippen molar-refractivity contribution in [3.05, 3.63) is 0 Å². The Bertz CT molecular complexity index is 326. The molecule has 116 valence electrons. The van der Waals surface area contributed by atoms with Gasteiger partial charge in [0.1, 0.15) is 0 Å². The molecule has 3 atom stereocenters. The van der Waals surface area contributed by atoms with E-state index in [0.29, 0.717) is 18.1 Å². The molecule has 0 saturated heterocycles. The second-order valence-electron chi connectivity index (χ2n) is 5.34. The first-order valence-electron chi connectivity index (χ1n) is 7.43. The van der Waals surface area contributed by atoms with Crippen LogP contribution < -0.4 is 10.6 Å². The zero-order chi connectivity index (χ0) is 15.0.